The minimum Gasteiger partial charge on any atom is -0.456 e. The number of ether oxygens (including phenoxy) is 1. The average molecular weight is 521 g/mol. The maximum absolute atomic E-state index is 12.1. The number of unbranched alkanes of at least 4 members (excludes halogenated alkanes) is 1. The van der Waals surface area contributed by atoms with Crippen LogP contribution in [0.25, 0.3) is 11.3 Å². The number of aromatic nitrogens is 3. The number of halogens is 1. The topological polar surface area (TPSA) is 134 Å². The van der Waals surface area contributed by atoms with Gasteiger partial charge in [-0.1, -0.05) is 28.1 Å². The molecule has 2 aromatic heterocycles. The number of carbonyl (C=O) groups excluding carboxylic acids is 3. The zero-order chi connectivity index (χ0) is 23.1. The second kappa shape index (κ2) is 11.0. The summed E-state index contributed by atoms with van der Waals surface area (Å²) in [5, 5.41) is 4.86. The Bertz CT molecular complexity index is 1170. The van der Waals surface area contributed by atoms with Crippen molar-refractivity contribution in [2.75, 3.05) is 11.9 Å². The number of aromatic amines is 2. The predicted molar refractivity (Wildman–Crippen MR) is 124 cm³/mol. The number of hydrogen-bond donors (Lipinski definition) is 3. The molecule has 0 aliphatic rings. The number of esters is 1. The molecule has 0 saturated heterocycles. The molecule has 1 amide bonds. The molecule has 0 radical (unpaired) electrons. The minimum atomic E-state index is -0.520. The lowest BCUT2D eigenvalue weighted by atomic mass is 10.1. The lowest BCUT2D eigenvalue weighted by Crippen LogP contribution is -2.20. The number of carbonyl (C=O) groups is 3. The monoisotopic (exact) mass is 520 g/mol. The number of imidazole rings is 1. The second-order valence-electron chi connectivity index (χ2n) is 6.96. The molecule has 0 aliphatic heterocycles. The molecule has 0 spiro atoms. The molecule has 0 fully saturated rings. The van der Waals surface area contributed by atoms with Crippen LogP contribution in [0.5, 0.6) is 0 Å². The molecule has 0 saturated carbocycles. The number of hydrogen-bond acceptors (Lipinski definition) is 7. The van der Waals surface area contributed by atoms with E-state index in [4.69, 9.17) is 4.74 Å². The van der Waals surface area contributed by atoms with Crippen LogP contribution in [-0.2, 0) is 14.3 Å². The molecular weight excluding hydrogens is 500 g/mol. The van der Waals surface area contributed by atoms with Crippen LogP contribution in [0, 0.1) is 6.92 Å². The van der Waals surface area contributed by atoms with Gasteiger partial charge >= 0.3 is 11.7 Å². The molecule has 3 aromatic rings. The first-order chi connectivity index (χ1) is 15.3. The first kappa shape index (κ1) is 23.6. The van der Waals surface area contributed by atoms with Crippen LogP contribution >= 0.6 is 27.3 Å². The smallest absolute Gasteiger partial charge is 0.323 e. The van der Waals surface area contributed by atoms with Gasteiger partial charge in [-0.15, -0.1) is 11.3 Å². The van der Waals surface area contributed by atoms with Crippen LogP contribution in [-0.4, -0.2) is 39.2 Å². The molecular formula is C21H21BrN4O5S. The van der Waals surface area contributed by atoms with Gasteiger partial charge in [0.1, 0.15) is 5.69 Å². The Morgan fingerprint density at radius 2 is 1.84 bits per heavy atom. The van der Waals surface area contributed by atoms with E-state index in [1.807, 2.05) is 29.6 Å². The number of aryl methyl sites for hydroxylation is 1. The number of nitrogens with zero attached hydrogens (tertiary/aromatic N) is 1. The molecule has 2 heterocycles. The van der Waals surface area contributed by atoms with Gasteiger partial charge in [-0.05, 0) is 31.9 Å². The van der Waals surface area contributed by atoms with E-state index in [0.29, 0.717) is 23.7 Å². The lowest BCUT2D eigenvalue weighted by Gasteiger charge is -2.05. The molecule has 0 aliphatic carbocycles. The Morgan fingerprint density at radius 1 is 1.12 bits per heavy atom. The summed E-state index contributed by atoms with van der Waals surface area (Å²) in [6.07, 6.45) is 1.19. The van der Waals surface area contributed by atoms with E-state index in [-0.39, 0.29) is 24.3 Å². The third-order valence-corrected chi connectivity index (χ3v) is 5.77. The molecule has 11 heteroatoms. The number of H-pyrrole nitrogens is 2. The number of nitrogens with one attached hydrogen (secondary N) is 3. The Labute approximate surface area is 195 Å². The van der Waals surface area contributed by atoms with Crippen molar-refractivity contribution in [3.63, 3.8) is 0 Å². The third kappa shape index (κ3) is 6.72. The van der Waals surface area contributed by atoms with Crippen molar-refractivity contribution in [2.24, 2.45) is 0 Å². The normalized spacial score (nSPS) is 10.7. The van der Waals surface area contributed by atoms with Crippen molar-refractivity contribution in [2.45, 2.75) is 32.6 Å². The SMILES string of the molecule is Cc1[nH]c(=O)[nH]c1C(=O)CCCCC(=O)OCC(=O)Nc1nc(-c2ccc(Br)cc2)cs1. The van der Waals surface area contributed by atoms with Gasteiger partial charge in [0.25, 0.3) is 5.91 Å². The van der Waals surface area contributed by atoms with Crippen molar-refractivity contribution < 1.29 is 19.1 Å². The molecule has 168 valence electrons. The number of Topliss-reactive ketones (excluding diaryl/α,β-unsaturated/α-hetero) is 1. The van der Waals surface area contributed by atoms with Crippen molar-refractivity contribution in [1.82, 2.24) is 15.0 Å². The number of benzene rings is 1. The van der Waals surface area contributed by atoms with E-state index >= 15 is 0 Å². The first-order valence-electron chi connectivity index (χ1n) is 9.81. The standard InChI is InChI=1S/C21H21BrN4O5S/c1-12-19(26-20(30)23-12)16(27)4-2-3-5-18(29)31-10-17(28)25-21-24-15(11-32-21)13-6-8-14(22)9-7-13/h6-9,11H,2-5,10H2,1H3,(H2,23,26,30)(H,24,25,28). The number of ketones is 1. The molecule has 0 bridgehead atoms. The molecule has 1 aromatic carbocycles. The van der Waals surface area contributed by atoms with Crippen LogP contribution in [0.15, 0.2) is 38.9 Å². The average Bonchev–Trinajstić information content (AvgIpc) is 3.35. The summed E-state index contributed by atoms with van der Waals surface area (Å²) in [5.74, 6) is -1.19. The maximum Gasteiger partial charge on any atom is 0.323 e. The minimum absolute atomic E-state index is 0.0914. The number of anilines is 1. The molecule has 0 atom stereocenters. The van der Waals surface area contributed by atoms with Gasteiger partial charge in [0.15, 0.2) is 17.5 Å². The highest BCUT2D eigenvalue weighted by Gasteiger charge is 2.14. The van der Waals surface area contributed by atoms with Gasteiger partial charge in [-0.3, -0.25) is 19.7 Å². The Morgan fingerprint density at radius 3 is 2.53 bits per heavy atom. The summed E-state index contributed by atoms with van der Waals surface area (Å²) >= 11 is 4.66. The van der Waals surface area contributed by atoms with Crippen molar-refractivity contribution in [1.29, 1.82) is 0 Å². The fraction of sp³-hybridized carbons (Fsp3) is 0.286. The van der Waals surface area contributed by atoms with Gasteiger partial charge in [-0.25, -0.2) is 9.78 Å². The number of amides is 1. The number of thiazole rings is 1. The Balaban J connectivity index is 1.35. The third-order valence-electron chi connectivity index (χ3n) is 4.48. The highest BCUT2D eigenvalue weighted by Crippen LogP contribution is 2.26. The van der Waals surface area contributed by atoms with E-state index in [0.717, 1.165) is 15.7 Å². The largest absolute Gasteiger partial charge is 0.456 e. The van der Waals surface area contributed by atoms with Crippen LogP contribution in [0.3, 0.4) is 0 Å². The van der Waals surface area contributed by atoms with E-state index in [1.165, 1.54) is 11.3 Å². The summed E-state index contributed by atoms with van der Waals surface area (Å²) in [6, 6.07) is 7.65. The zero-order valence-electron chi connectivity index (χ0n) is 17.2. The van der Waals surface area contributed by atoms with E-state index in [2.05, 4.69) is 36.2 Å². The van der Waals surface area contributed by atoms with Crippen molar-refractivity contribution >= 4 is 50.1 Å². The molecule has 9 nitrogen and oxygen atoms in total. The second-order valence-corrected chi connectivity index (χ2v) is 8.74. The molecule has 3 rings (SSSR count). The van der Waals surface area contributed by atoms with Crippen LogP contribution < -0.4 is 11.0 Å². The van der Waals surface area contributed by atoms with E-state index in [9.17, 15) is 19.2 Å². The van der Waals surface area contributed by atoms with Gasteiger partial charge in [-0.2, -0.15) is 0 Å². The summed E-state index contributed by atoms with van der Waals surface area (Å²) in [5.41, 5.74) is 2.00. The van der Waals surface area contributed by atoms with Gasteiger partial charge in [0, 0.05) is 34.0 Å². The quantitative estimate of drug-likeness (QED) is 0.211. The Hall–Kier alpha value is -3.05. The fourth-order valence-corrected chi connectivity index (χ4v) is 3.89. The van der Waals surface area contributed by atoms with E-state index in [1.54, 1.807) is 6.92 Å². The fourth-order valence-electron chi connectivity index (χ4n) is 2.89. The highest BCUT2D eigenvalue weighted by molar-refractivity contribution is 9.10. The summed E-state index contributed by atoms with van der Waals surface area (Å²) in [7, 11) is 0. The molecule has 0 unspecified atom stereocenters. The summed E-state index contributed by atoms with van der Waals surface area (Å²) in [6.45, 7) is 1.23. The number of rotatable bonds is 10. The lowest BCUT2D eigenvalue weighted by molar-refractivity contribution is -0.147. The van der Waals surface area contributed by atoms with Gasteiger partial charge in [0.05, 0.1) is 5.69 Å². The first-order valence-corrected chi connectivity index (χ1v) is 11.5. The summed E-state index contributed by atoms with van der Waals surface area (Å²) < 4.78 is 5.94. The van der Waals surface area contributed by atoms with E-state index < -0.39 is 24.2 Å². The van der Waals surface area contributed by atoms with Crippen molar-refractivity contribution in [3.05, 3.63) is 56.0 Å². The van der Waals surface area contributed by atoms with Crippen LogP contribution in [0.2, 0.25) is 0 Å². The predicted octanol–water partition coefficient (Wildman–Crippen LogP) is 3.82. The zero-order valence-corrected chi connectivity index (χ0v) is 19.6. The molecule has 3 N–H and O–H groups in total. The van der Waals surface area contributed by atoms with Gasteiger partial charge in [0.2, 0.25) is 0 Å². The van der Waals surface area contributed by atoms with Crippen LogP contribution in [0.4, 0.5) is 5.13 Å². The Kier molecular flexibility index (Phi) is 8.12. The maximum atomic E-state index is 12.1. The molecule has 32 heavy (non-hydrogen) atoms. The van der Waals surface area contributed by atoms with Crippen LogP contribution in [0.1, 0.15) is 41.9 Å². The van der Waals surface area contributed by atoms with Gasteiger partial charge < -0.3 is 14.7 Å². The summed E-state index contributed by atoms with van der Waals surface area (Å²) in [4.78, 5) is 56.4. The van der Waals surface area contributed by atoms with Crippen molar-refractivity contribution in [3.8, 4) is 11.3 Å². The highest BCUT2D eigenvalue weighted by atomic mass is 79.9.